The van der Waals surface area contributed by atoms with Crippen molar-refractivity contribution in [3.8, 4) is 0 Å². The molecule has 26 heavy (non-hydrogen) atoms. The highest BCUT2D eigenvalue weighted by atomic mass is 32.2. The number of ether oxygens (including phenoxy) is 2. The first-order valence-corrected chi connectivity index (χ1v) is 9.74. The van der Waals surface area contributed by atoms with Gasteiger partial charge < -0.3 is 19.7 Å². The molecule has 11 heteroatoms. The van der Waals surface area contributed by atoms with Crippen molar-refractivity contribution in [2.24, 2.45) is 5.14 Å². The molecule has 146 valence electrons. The number of sulfonamides is 1. The fourth-order valence-corrected chi connectivity index (χ4v) is 3.59. The van der Waals surface area contributed by atoms with Crippen molar-refractivity contribution in [2.45, 2.75) is 17.4 Å². The molecule has 1 atom stereocenters. The van der Waals surface area contributed by atoms with Gasteiger partial charge in [-0.3, -0.25) is 10.1 Å². The molecule has 1 aliphatic rings. The van der Waals surface area contributed by atoms with E-state index in [-0.39, 0.29) is 6.04 Å². The molecular formula is C15H24N4O6S. The Morgan fingerprint density at radius 3 is 2.73 bits per heavy atom. The Kier molecular flexibility index (Phi) is 7.29. The number of nitro groups is 1. The SMILES string of the molecule is COCCOCCN(c1ccc(S(N)(=O)=O)c([N+](=O)[O-])c1)[C@@H]1CCNC1. The van der Waals surface area contributed by atoms with Gasteiger partial charge in [0.15, 0.2) is 4.90 Å². The van der Waals surface area contributed by atoms with Crippen LogP contribution in [0.15, 0.2) is 23.1 Å². The number of hydrogen-bond donors (Lipinski definition) is 2. The van der Waals surface area contributed by atoms with Crippen molar-refractivity contribution in [3.05, 3.63) is 28.3 Å². The lowest BCUT2D eigenvalue weighted by Crippen LogP contribution is -2.39. The van der Waals surface area contributed by atoms with Crippen LogP contribution in [0.2, 0.25) is 0 Å². The molecule has 1 fully saturated rings. The van der Waals surface area contributed by atoms with Crippen LogP contribution in [-0.2, 0) is 19.5 Å². The second-order valence-corrected chi connectivity index (χ2v) is 7.43. The summed E-state index contributed by atoms with van der Waals surface area (Å²) in [6, 6.07) is 4.12. The van der Waals surface area contributed by atoms with E-state index >= 15 is 0 Å². The number of rotatable bonds is 10. The average molecular weight is 388 g/mol. The van der Waals surface area contributed by atoms with Crippen LogP contribution in [0.1, 0.15) is 6.42 Å². The van der Waals surface area contributed by atoms with E-state index in [1.165, 1.54) is 12.1 Å². The van der Waals surface area contributed by atoms with Gasteiger partial charge >= 0.3 is 0 Å². The van der Waals surface area contributed by atoms with E-state index in [1.54, 1.807) is 13.2 Å². The van der Waals surface area contributed by atoms with Gasteiger partial charge in [0.25, 0.3) is 5.69 Å². The van der Waals surface area contributed by atoms with Gasteiger partial charge in [0, 0.05) is 38.0 Å². The second kappa shape index (κ2) is 9.24. The molecule has 1 aliphatic heterocycles. The minimum absolute atomic E-state index is 0.140. The molecule has 0 aliphatic carbocycles. The van der Waals surface area contributed by atoms with E-state index in [4.69, 9.17) is 14.6 Å². The molecule has 0 spiro atoms. The largest absolute Gasteiger partial charge is 0.382 e. The first kappa shape index (κ1) is 20.5. The van der Waals surface area contributed by atoms with E-state index in [0.717, 1.165) is 19.5 Å². The Morgan fingerprint density at radius 1 is 1.38 bits per heavy atom. The Hall–Kier alpha value is -1.79. The van der Waals surface area contributed by atoms with Crippen LogP contribution in [-0.4, -0.2) is 65.9 Å². The summed E-state index contributed by atoms with van der Waals surface area (Å²) in [4.78, 5) is 12.1. The number of nitro benzene ring substituents is 1. The van der Waals surface area contributed by atoms with Crippen LogP contribution in [0.5, 0.6) is 0 Å². The lowest BCUT2D eigenvalue weighted by atomic mass is 10.1. The third-order valence-electron chi connectivity index (χ3n) is 4.16. The van der Waals surface area contributed by atoms with Crippen LogP contribution in [0.4, 0.5) is 11.4 Å². The fraction of sp³-hybridized carbons (Fsp3) is 0.600. The van der Waals surface area contributed by atoms with Crippen molar-refractivity contribution in [1.82, 2.24) is 5.32 Å². The van der Waals surface area contributed by atoms with Crippen molar-refractivity contribution in [3.63, 3.8) is 0 Å². The summed E-state index contributed by atoms with van der Waals surface area (Å²) in [5, 5.41) is 19.6. The molecule has 1 heterocycles. The van der Waals surface area contributed by atoms with Crippen LogP contribution in [0.25, 0.3) is 0 Å². The van der Waals surface area contributed by atoms with E-state index in [0.29, 0.717) is 32.1 Å². The zero-order valence-corrected chi connectivity index (χ0v) is 15.4. The molecule has 0 bridgehead atoms. The maximum atomic E-state index is 11.6. The van der Waals surface area contributed by atoms with Gasteiger partial charge in [0.05, 0.1) is 24.7 Å². The predicted octanol–water partition coefficient (Wildman–Crippen LogP) is 0.0735. The quantitative estimate of drug-likeness (QED) is 0.326. The monoisotopic (exact) mass is 388 g/mol. The highest BCUT2D eigenvalue weighted by Crippen LogP contribution is 2.30. The van der Waals surface area contributed by atoms with Crippen LogP contribution < -0.4 is 15.4 Å². The number of anilines is 1. The number of benzene rings is 1. The molecule has 0 unspecified atom stereocenters. The standard InChI is InChI=1S/C15H24N4O6S/c1-24-8-9-25-7-6-18(13-4-5-17-11-13)12-2-3-15(26(16,22)23)14(10-12)19(20)21/h2-3,10,13,17H,4-9,11H2,1H3,(H2,16,22,23)/t13-/m1/s1. The molecule has 0 aromatic heterocycles. The van der Waals surface area contributed by atoms with Gasteiger partial charge in [-0.1, -0.05) is 0 Å². The smallest absolute Gasteiger partial charge is 0.291 e. The van der Waals surface area contributed by atoms with E-state index < -0.39 is 25.5 Å². The summed E-state index contributed by atoms with van der Waals surface area (Å²) >= 11 is 0. The van der Waals surface area contributed by atoms with Gasteiger partial charge in [-0.05, 0) is 25.1 Å². The summed E-state index contributed by atoms with van der Waals surface area (Å²) in [6.07, 6.45) is 0.878. The first-order valence-electron chi connectivity index (χ1n) is 8.20. The summed E-state index contributed by atoms with van der Waals surface area (Å²) in [6.45, 7) is 3.47. The Labute approximate surface area is 152 Å². The van der Waals surface area contributed by atoms with Gasteiger partial charge in [-0.2, -0.15) is 0 Å². The highest BCUT2D eigenvalue weighted by Gasteiger charge is 2.27. The maximum Gasteiger partial charge on any atom is 0.291 e. The molecule has 1 aromatic carbocycles. The molecule has 3 N–H and O–H groups in total. The van der Waals surface area contributed by atoms with Gasteiger partial charge in [-0.15, -0.1) is 0 Å². The normalized spacial score (nSPS) is 17.4. The van der Waals surface area contributed by atoms with Crippen molar-refractivity contribution in [2.75, 3.05) is 51.5 Å². The van der Waals surface area contributed by atoms with Gasteiger partial charge in [0.2, 0.25) is 10.0 Å². The number of nitrogens with one attached hydrogen (secondary N) is 1. The number of nitrogens with two attached hydrogens (primary N) is 1. The lowest BCUT2D eigenvalue weighted by molar-refractivity contribution is -0.387. The van der Waals surface area contributed by atoms with Crippen molar-refractivity contribution >= 4 is 21.4 Å². The Bertz CT molecular complexity index is 721. The minimum Gasteiger partial charge on any atom is -0.382 e. The summed E-state index contributed by atoms with van der Waals surface area (Å²) in [5.41, 5.74) is 0.0365. The van der Waals surface area contributed by atoms with Crippen LogP contribution in [0.3, 0.4) is 0 Å². The number of primary sulfonamides is 1. The van der Waals surface area contributed by atoms with Crippen LogP contribution >= 0.6 is 0 Å². The van der Waals surface area contributed by atoms with Gasteiger partial charge in [-0.25, -0.2) is 13.6 Å². The molecule has 10 nitrogen and oxygen atoms in total. The zero-order chi connectivity index (χ0) is 19.2. The molecule has 2 rings (SSSR count). The van der Waals surface area contributed by atoms with E-state index in [2.05, 4.69) is 5.32 Å². The third-order valence-corrected chi connectivity index (χ3v) is 5.12. The fourth-order valence-electron chi connectivity index (χ4n) is 2.90. The highest BCUT2D eigenvalue weighted by molar-refractivity contribution is 7.89. The maximum absolute atomic E-state index is 11.6. The average Bonchev–Trinajstić information content (AvgIpc) is 3.11. The van der Waals surface area contributed by atoms with E-state index in [1.807, 2.05) is 4.90 Å². The molecule has 1 saturated heterocycles. The molecule has 0 saturated carbocycles. The number of methoxy groups -OCH3 is 1. The summed E-state index contributed by atoms with van der Waals surface area (Å²) in [5.74, 6) is 0. The van der Waals surface area contributed by atoms with Crippen molar-refractivity contribution < 1.29 is 22.8 Å². The summed E-state index contributed by atoms with van der Waals surface area (Å²) < 4.78 is 33.6. The van der Waals surface area contributed by atoms with Gasteiger partial charge in [0.1, 0.15) is 0 Å². The molecular weight excluding hydrogens is 364 g/mol. The topological polar surface area (TPSA) is 137 Å². The first-order chi connectivity index (χ1) is 12.3. The Morgan fingerprint density at radius 2 is 2.15 bits per heavy atom. The number of nitrogens with zero attached hydrogens (tertiary/aromatic N) is 2. The molecule has 0 radical (unpaired) electrons. The molecule has 0 amide bonds. The summed E-state index contributed by atoms with van der Waals surface area (Å²) in [7, 11) is -2.59. The Balaban J connectivity index is 2.25. The number of hydrogen-bond acceptors (Lipinski definition) is 8. The zero-order valence-electron chi connectivity index (χ0n) is 14.6. The van der Waals surface area contributed by atoms with Crippen molar-refractivity contribution in [1.29, 1.82) is 0 Å². The second-order valence-electron chi connectivity index (χ2n) is 5.90. The lowest BCUT2D eigenvalue weighted by Gasteiger charge is -2.30. The minimum atomic E-state index is -4.18. The van der Waals surface area contributed by atoms with E-state index in [9.17, 15) is 18.5 Å². The predicted molar refractivity (Wildman–Crippen MR) is 95.8 cm³/mol. The van der Waals surface area contributed by atoms with Crippen LogP contribution in [0, 0.1) is 10.1 Å². The molecule has 1 aromatic rings. The third kappa shape index (κ3) is 5.35.